The van der Waals surface area contributed by atoms with E-state index in [2.05, 4.69) is 4.98 Å². The summed E-state index contributed by atoms with van der Waals surface area (Å²) in [4.78, 5) is 38.7. The summed E-state index contributed by atoms with van der Waals surface area (Å²) >= 11 is 1.29. The third kappa shape index (κ3) is 5.62. The highest BCUT2D eigenvalue weighted by Gasteiger charge is 2.47. The van der Waals surface area contributed by atoms with Gasteiger partial charge in [-0.1, -0.05) is 6.07 Å². The van der Waals surface area contributed by atoms with Gasteiger partial charge < -0.3 is 18.9 Å². The zero-order chi connectivity index (χ0) is 19.3. The summed E-state index contributed by atoms with van der Waals surface area (Å²) in [5.74, 6) is -1.00. The molecule has 0 unspecified atom stereocenters. The smallest absolute Gasteiger partial charge is 0.303 e. The number of hydrogen-bond acceptors (Lipinski definition) is 9. The van der Waals surface area contributed by atoms with Crippen LogP contribution in [-0.2, 0) is 28.6 Å². The van der Waals surface area contributed by atoms with Crippen LogP contribution in [0, 0.1) is 6.92 Å². The predicted octanol–water partition coefficient (Wildman–Crippen LogP) is 1.64. The molecule has 2 heterocycles. The van der Waals surface area contributed by atoms with Gasteiger partial charge in [-0.05, 0) is 13.0 Å². The number of esters is 3. The van der Waals surface area contributed by atoms with E-state index in [-0.39, 0.29) is 0 Å². The molecule has 2 rings (SSSR count). The summed E-state index contributed by atoms with van der Waals surface area (Å²) in [6.45, 7) is 5.56. The monoisotopic (exact) mass is 383 g/mol. The average Bonchev–Trinajstić information content (AvgIpc) is 2.51. The molecule has 1 aromatic rings. The highest BCUT2D eigenvalue weighted by Crippen LogP contribution is 2.33. The van der Waals surface area contributed by atoms with E-state index in [1.807, 2.05) is 13.0 Å². The standard InChI is InChI=1S/C17H21NO7S/c1-9-6-5-7-14(18-9)25-17-16(24-12(4)21)15(23-11(3)20)13(8-26-17)22-10(2)19/h5-7,13,15-17H,8H2,1-4H3/t13-,15+,16-,17-/m1/s1. The molecule has 9 heteroatoms. The Kier molecular flexibility index (Phi) is 6.84. The van der Waals surface area contributed by atoms with Crippen molar-refractivity contribution in [1.82, 2.24) is 4.98 Å². The molecule has 1 aliphatic heterocycles. The van der Waals surface area contributed by atoms with E-state index >= 15 is 0 Å². The molecule has 4 atom stereocenters. The molecule has 1 fully saturated rings. The summed E-state index contributed by atoms with van der Waals surface area (Å²) in [6, 6.07) is 5.29. The van der Waals surface area contributed by atoms with E-state index < -0.39 is 41.7 Å². The quantitative estimate of drug-likeness (QED) is 0.554. The molecule has 0 spiro atoms. The first-order chi connectivity index (χ1) is 12.3. The highest BCUT2D eigenvalue weighted by atomic mass is 32.2. The van der Waals surface area contributed by atoms with Gasteiger partial charge in [-0.25, -0.2) is 4.98 Å². The van der Waals surface area contributed by atoms with Gasteiger partial charge in [0.05, 0.1) is 0 Å². The molecular formula is C17H21NO7S. The fourth-order valence-electron chi connectivity index (χ4n) is 2.51. The fraction of sp³-hybridized carbons (Fsp3) is 0.529. The van der Waals surface area contributed by atoms with Gasteiger partial charge in [-0.2, -0.15) is 0 Å². The fourth-order valence-corrected chi connectivity index (χ4v) is 3.72. The van der Waals surface area contributed by atoms with Crippen LogP contribution in [0.2, 0.25) is 0 Å². The number of aryl methyl sites for hydroxylation is 1. The third-order valence-electron chi connectivity index (χ3n) is 3.40. The topological polar surface area (TPSA) is 101 Å². The molecule has 26 heavy (non-hydrogen) atoms. The Hall–Kier alpha value is -2.29. The van der Waals surface area contributed by atoms with Gasteiger partial charge in [0.2, 0.25) is 5.88 Å². The normalized spacial score (nSPS) is 25.1. The van der Waals surface area contributed by atoms with E-state index in [0.29, 0.717) is 11.6 Å². The number of nitrogens with zero attached hydrogens (tertiary/aromatic N) is 1. The molecule has 1 saturated heterocycles. The summed E-state index contributed by atoms with van der Waals surface area (Å²) in [6.07, 6.45) is -2.69. The van der Waals surface area contributed by atoms with Crippen LogP contribution in [0.25, 0.3) is 0 Å². The van der Waals surface area contributed by atoms with Crippen molar-refractivity contribution in [3.63, 3.8) is 0 Å². The van der Waals surface area contributed by atoms with Gasteiger partial charge in [-0.3, -0.25) is 14.4 Å². The first-order valence-electron chi connectivity index (χ1n) is 8.00. The Morgan fingerprint density at radius 2 is 1.62 bits per heavy atom. The van der Waals surface area contributed by atoms with Crippen LogP contribution >= 0.6 is 11.8 Å². The molecule has 0 saturated carbocycles. The first kappa shape index (κ1) is 20.0. The van der Waals surface area contributed by atoms with Crippen LogP contribution in [0.4, 0.5) is 0 Å². The maximum absolute atomic E-state index is 11.6. The summed E-state index contributed by atoms with van der Waals surface area (Å²) in [7, 11) is 0. The van der Waals surface area contributed by atoms with E-state index in [0.717, 1.165) is 5.69 Å². The van der Waals surface area contributed by atoms with Crippen molar-refractivity contribution < 1.29 is 33.3 Å². The lowest BCUT2D eigenvalue weighted by molar-refractivity contribution is -0.186. The van der Waals surface area contributed by atoms with Crippen molar-refractivity contribution in [2.75, 3.05) is 5.75 Å². The predicted molar refractivity (Wildman–Crippen MR) is 92.5 cm³/mol. The zero-order valence-corrected chi connectivity index (χ0v) is 15.8. The summed E-state index contributed by atoms with van der Waals surface area (Å²) < 4.78 is 21.7. The Morgan fingerprint density at radius 1 is 1.00 bits per heavy atom. The van der Waals surface area contributed by atoms with Gasteiger partial charge in [0, 0.05) is 38.3 Å². The zero-order valence-electron chi connectivity index (χ0n) is 15.0. The van der Waals surface area contributed by atoms with Crippen LogP contribution in [0.15, 0.2) is 18.2 Å². The molecule has 0 bridgehead atoms. The third-order valence-corrected chi connectivity index (χ3v) is 4.62. The number of carbonyl (C=O) groups excluding carboxylic acids is 3. The van der Waals surface area contributed by atoms with Gasteiger partial charge >= 0.3 is 17.9 Å². The molecule has 0 aliphatic carbocycles. The molecule has 0 aromatic carbocycles. The lowest BCUT2D eigenvalue weighted by Crippen LogP contribution is -2.55. The number of aromatic nitrogens is 1. The number of carbonyl (C=O) groups is 3. The van der Waals surface area contributed by atoms with Crippen molar-refractivity contribution >= 4 is 29.7 Å². The van der Waals surface area contributed by atoms with Crippen LogP contribution in [-0.4, -0.2) is 52.4 Å². The van der Waals surface area contributed by atoms with Crippen molar-refractivity contribution in [2.24, 2.45) is 0 Å². The lowest BCUT2D eigenvalue weighted by Gasteiger charge is -2.39. The second-order valence-corrected chi connectivity index (χ2v) is 6.86. The number of pyridine rings is 1. The van der Waals surface area contributed by atoms with Gasteiger partial charge in [0.25, 0.3) is 0 Å². The van der Waals surface area contributed by atoms with E-state index in [4.69, 9.17) is 18.9 Å². The van der Waals surface area contributed by atoms with Gasteiger partial charge in [-0.15, -0.1) is 11.8 Å². The van der Waals surface area contributed by atoms with Crippen molar-refractivity contribution in [1.29, 1.82) is 0 Å². The first-order valence-corrected chi connectivity index (χ1v) is 9.04. The Morgan fingerprint density at radius 3 is 2.19 bits per heavy atom. The molecule has 1 aromatic heterocycles. The van der Waals surface area contributed by atoms with Gasteiger partial charge in [0.15, 0.2) is 23.7 Å². The molecule has 8 nitrogen and oxygen atoms in total. The van der Waals surface area contributed by atoms with Crippen LogP contribution in [0.1, 0.15) is 26.5 Å². The Labute approximate surface area is 155 Å². The van der Waals surface area contributed by atoms with Crippen molar-refractivity contribution in [3.8, 4) is 5.88 Å². The molecule has 0 N–H and O–H groups in total. The minimum atomic E-state index is -0.976. The Bertz CT molecular complexity index is 681. The minimum Gasteiger partial charge on any atom is -0.459 e. The number of ether oxygens (including phenoxy) is 4. The molecule has 0 amide bonds. The lowest BCUT2D eigenvalue weighted by atomic mass is 10.1. The van der Waals surface area contributed by atoms with Gasteiger partial charge in [0.1, 0.15) is 0 Å². The van der Waals surface area contributed by atoms with E-state index in [1.165, 1.54) is 32.5 Å². The van der Waals surface area contributed by atoms with Crippen LogP contribution < -0.4 is 4.74 Å². The van der Waals surface area contributed by atoms with Crippen LogP contribution in [0.5, 0.6) is 5.88 Å². The number of hydrogen-bond donors (Lipinski definition) is 0. The maximum atomic E-state index is 11.6. The summed E-state index contributed by atoms with van der Waals surface area (Å²) in [5, 5.41) is 0. The molecule has 0 radical (unpaired) electrons. The van der Waals surface area contributed by atoms with Crippen molar-refractivity contribution in [3.05, 3.63) is 23.9 Å². The molecular weight excluding hydrogens is 362 g/mol. The van der Waals surface area contributed by atoms with Crippen molar-refractivity contribution in [2.45, 2.75) is 51.4 Å². The Balaban J connectivity index is 2.27. The van der Waals surface area contributed by atoms with E-state index in [1.54, 1.807) is 12.1 Å². The number of thioether (sulfide) groups is 1. The summed E-state index contributed by atoms with van der Waals surface area (Å²) in [5.41, 5.74) is 0.0889. The highest BCUT2D eigenvalue weighted by molar-refractivity contribution is 7.99. The molecule has 142 valence electrons. The average molecular weight is 383 g/mol. The maximum Gasteiger partial charge on any atom is 0.303 e. The largest absolute Gasteiger partial charge is 0.459 e. The molecule has 1 aliphatic rings. The SMILES string of the molecule is CC(=O)O[C@@H]1[C@@H](OC(C)=O)[C@H](OC(C)=O)CS[C@H]1Oc1cccc(C)n1. The second-order valence-electron chi connectivity index (χ2n) is 5.73. The number of rotatable bonds is 5. The van der Waals surface area contributed by atoms with E-state index in [9.17, 15) is 14.4 Å². The van der Waals surface area contributed by atoms with Crippen LogP contribution in [0.3, 0.4) is 0 Å². The second kappa shape index (κ2) is 8.88. The minimum absolute atomic E-state index is 0.311.